The summed E-state index contributed by atoms with van der Waals surface area (Å²) in [5.41, 5.74) is -2.83. The van der Waals surface area contributed by atoms with Crippen LogP contribution < -0.4 is 31.3 Å². The first-order valence-corrected chi connectivity index (χ1v) is 39.2. The fourth-order valence-electron chi connectivity index (χ4n) is 12.9. The van der Waals surface area contributed by atoms with Crippen LogP contribution in [0.2, 0.25) is 0 Å². The van der Waals surface area contributed by atoms with Gasteiger partial charge in [0.25, 0.3) is 0 Å². The highest BCUT2D eigenvalue weighted by molar-refractivity contribution is 7.48. The third-order valence-corrected chi connectivity index (χ3v) is 19.5. The molecule has 0 aliphatic carbocycles. The maximum Gasteiger partial charge on any atom is 0.475 e. The molecule has 4 saturated heterocycles. The number of amides is 8. The number of nitrogens with zero attached hydrogens (tertiary/aromatic N) is 3. The monoisotopic (exact) mass is 1600 g/mol. The van der Waals surface area contributed by atoms with Crippen LogP contribution in [0.1, 0.15) is 188 Å². The van der Waals surface area contributed by atoms with Crippen molar-refractivity contribution in [3.63, 3.8) is 0 Å². The van der Waals surface area contributed by atoms with Gasteiger partial charge < -0.3 is 83.9 Å². The molecule has 2 aromatic carbocycles. The summed E-state index contributed by atoms with van der Waals surface area (Å²) in [5, 5.41) is 13.4. The van der Waals surface area contributed by atoms with Crippen molar-refractivity contribution in [1.29, 1.82) is 0 Å². The summed E-state index contributed by atoms with van der Waals surface area (Å²) < 4.78 is 84.3. The van der Waals surface area contributed by atoms with E-state index in [1.165, 1.54) is 45.9 Å². The molecule has 0 saturated carbocycles. The maximum atomic E-state index is 15.5. The van der Waals surface area contributed by atoms with Crippen LogP contribution in [0.5, 0.6) is 5.75 Å². The Kier molecular flexibility index (Phi) is 33.2. The number of rotatable bonds is 33. The first kappa shape index (κ1) is 92.2. The van der Waals surface area contributed by atoms with Gasteiger partial charge in [0.2, 0.25) is 41.4 Å². The second kappa shape index (κ2) is 40.4. The molecule has 0 aromatic heterocycles. The van der Waals surface area contributed by atoms with E-state index in [2.05, 4.69) is 26.6 Å². The number of phosphoric ester groups is 1. The molecule has 4 aliphatic rings. The minimum absolute atomic E-state index is 0.00436. The van der Waals surface area contributed by atoms with Crippen LogP contribution in [0, 0.1) is 5.92 Å². The van der Waals surface area contributed by atoms with Crippen LogP contribution >= 0.6 is 7.82 Å². The summed E-state index contributed by atoms with van der Waals surface area (Å²) in [7, 11) is -4.63. The number of benzene rings is 2. The largest absolute Gasteiger partial charge is 0.475 e. The number of nitrogens with one attached hydrogen (secondary N) is 5. The van der Waals surface area contributed by atoms with Gasteiger partial charge in [-0.25, -0.2) is 14.2 Å². The summed E-state index contributed by atoms with van der Waals surface area (Å²) >= 11 is 0. The average Bonchev–Trinajstić information content (AvgIpc) is 0.862. The summed E-state index contributed by atoms with van der Waals surface area (Å²) in [5.74, 6) is -9.63. The zero-order valence-electron chi connectivity index (χ0n) is 67.8. The predicted molar refractivity (Wildman–Crippen MR) is 400 cm³/mol. The molecule has 5 N–H and O–H groups in total. The molecule has 34 nitrogen and oxygen atoms in total. The standard InChI is InChI=1S/C77H115N8O26P/c1-44(2)38-53(65(91)80-54(42-103-112(99,110-76(14,15)16)111-77(17,18)19)68(94)83-35-23-28-56(83)67(93)81-55(41-102-74(8,9)10)71(97)109-75(11,12)13)79-66(92)57-29-24-36-84(57)69(95)58-30-25-37-85(58)70(96)61(82-73(98)101-40-51-31-33-52(34-32-51)107-60(90)39-50-26-21-20-22-27-50)45(3)104-72-62(78-46(4)86)64(106-49(7)89)63(105-48(6)88)59(108-72)43-100-47(5)87/h20-22,26-27,31-34,44-45,53-59,61-64,72H,23-25,28-30,35-43H2,1-19H3,(H,78,86)(H,79,92)(H,80,91)(H,81,93)(H,82,98)/t45-,53+,54+,55+,56+,57+,58+,59-,61+,62-,63-,64-,72-/m1/s1. The van der Waals surface area contributed by atoms with E-state index in [1.54, 1.807) is 121 Å². The van der Waals surface area contributed by atoms with Crippen molar-refractivity contribution in [3.05, 3.63) is 65.7 Å². The number of ether oxygens (including phenoxy) is 9. The number of carbonyl (C=O) groups is 13. The van der Waals surface area contributed by atoms with Gasteiger partial charge in [0, 0.05) is 47.3 Å². The van der Waals surface area contributed by atoms with Crippen LogP contribution in [0.3, 0.4) is 0 Å². The van der Waals surface area contributed by atoms with E-state index < -0.39 is 206 Å². The van der Waals surface area contributed by atoms with Crippen LogP contribution in [0.25, 0.3) is 0 Å². The van der Waals surface area contributed by atoms with Gasteiger partial charge in [0.15, 0.2) is 24.5 Å². The van der Waals surface area contributed by atoms with E-state index in [1.807, 2.05) is 6.07 Å². The van der Waals surface area contributed by atoms with Crippen molar-refractivity contribution in [1.82, 2.24) is 41.3 Å². The molecule has 35 heteroatoms. The Labute approximate surface area is 654 Å². The smallest absolute Gasteiger partial charge is 0.463 e. The molecule has 0 spiro atoms. The molecule has 0 unspecified atom stereocenters. The van der Waals surface area contributed by atoms with E-state index in [9.17, 15) is 47.7 Å². The van der Waals surface area contributed by atoms with Gasteiger partial charge in [-0.1, -0.05) is 56.3 Å². The lowest BCUT2D eigenvalue weighted by Gasteiger charge is -2.46. The summed E-state index contributed by atoms with van der Waals surface area (Å²) in [6.07, 6.45) is -8.05. The highest BCUT2D eigenvalue weighted by Crippen LogP contribution is 2.55. The first-order valence-electron chi connectivity index (χ1n) is 37.8. The SMILES string of the molecule is CC(=O)N[C@H]1[C@H](O[C@H](C)[C@H](NC(=O)OCc2ccc(OC(=O)Cc3ccccc3)cc2)C(=O)N2CCC[C@H]2C(=O)N2CCC[C@H]2C(=O)N[C@@H](CC(C)C)C(=O)N[C@@H](COP(=O)(OC(C)(C)C)OC(C)(C)C)C(=O)N2CCC[C@H]2C(=O)N[C@@H](COC(C)(C)C)C(=O)OC(C)(C)C)O[C@H](COC(C)=O)[C@@H](OC(C)=O)[C@@H]1OC(C)=O. The number of hydrogen-bond donors (Lipinski definition) is 5. The summed E-state index contributed by atoms with van der Waals surface area (Å²) in [4.78, 5) is 185. The molecule has 4 aliphatic heterocycles. The molecule has 0 bridgehead atoms. The molecule has 4 heterocycles. The third-order valence-electron chi connectivity index (χ3n) is 17.5. The molecular weight excluding hydrogens is 1480 g/mol. The number of carbonyl (C=O) groups excluding carboxylic acids is 13. The van der Waals surface area contributed by atoms with Crippen molar-refractivity contribution in [2.75, 3.05) is 39.5 Å². The van der Waals surface area contributed by atoms with E-state index in [0.717, 1.165) is 33.3 Å². The van der Waals surface area contributed by atoms with Crippen molar-refractivity contribution in [2.45, 2.75) is 291 Å². The van der Waals surface area contributed by atoms with Crippen LogP contribution in [-0.2, 0) is 127 Å². The fraction of sp³-hybridized carbons (Fsp3) is 0.675. The lowest BCUT2D eigenvalue weighted by molar-refractivity contribution is -0.287. The molecule has 8 amide bonds. The molecule has 624 valence electrons. The number of hydrogen-bond acceptors (Lipinski definition) is 26. The highest BCUT2D eigenvalue weighted by Gasteiger charge is 2.54. The van der Waals surface area contributed by atoms with Gasteiger partial charge >= 0.3 is 43.8 Å². The number of esters is 5. The lowest BCUT2D eigenvalue weighted by Crippen LogP contribution is -2.67. The Bertz CT molecular complexity index is 3660. The van der Waals surface area contributed by atoms with Gasteiger partial charge in [0.1, 0.15) is 73.0 Å². The minimum Gasteiger partial charge on any atom is -0.463 e. The van der Waals surface area contributed by atoms with Crippen molar-refractivity contribution in [2.24, 2.45) is 5.92 Å². The summed E-state index contributed by atoms with van der Waals surface area (Å²) in [6, 6.07) is 3.42. The molecule has 112 heavy (non-hydrogen) atoms. The Hall–Kier alpha value is -8.66. The quantitative estimate of drug-likeness (QED) is 0.0241. The van der Waals surface area contributed by atoms with Gasteiger partial charge in [-0.05, 0) is 164 Å². The molecule has 0 radical (unpaired) electrons. The molecule has 13 atom stereocenters. The number of likely N-dealkylation sites (tertiary alicyclic amines) is 3. The van der Waals surface area contributed by atoms with E-state index in [0.29, 0.717) is 12.0 Å². The van der Waals surface area contributed by atoms with E-state index in [4.69, 9.17) is 56.2 Å². The van der Waals surface area contributed by atoms with Gasteiger partial charge in [-0.3, -0.25) is 66.3 Å². The Morgan fingerprint density at radius 2 is 1.12 bits per heavy atom. The second-order valence-electron chi connectivity index (χ2n) is 32.5. The zero-order chi connectivity index (χ0) is 83.5. The Balaban J connectivity index is 1.29. The predicted octanol–water partition coefficient (Wildman–Crippen LogP) is 5.88. The van der Waals surface area contributed by atoms with Crippen molar-refractivity contribution >= 4 is 85.1 Å². The van der Waals surface area contributed by atoms with Gasteiger partial charge in [-0.15, -0.1) is 0 Å². The first-order chi connectivity index (χ1) is 52.1. The third kappa shape index (κ3) is 29.4. The highest BCUT2D eigenvalue weighted by atomic mass is 31.2. The normalized spacial score (nSPS) is 21.6. The molecule has 4 fully saturated rings. The fourth-order valence-corrected chi connectivity index (χ4v) is 14.7. The number of phosphoric acid groups is 1. The van der Waals surface area contributed by atoms with Crippen molar-refractivity contribution in [3.8, 4) is 5.75 Å². The Morgan fingerprint density at radius 3 is 1.65 bits per heavy atom. The molecule has 2 aromatic rings. The molecule has 6 rings (SSSR count). The maximum absolute atomic E-state index is 15.5. The van der Waals surface area contributed by atoms with Gasteiger partial charge in [-0.2, -0.15) is 0 Å². The van der Waals surface area contributed by atoms with E-state index >= 15 is 19.2 Å². The van der Waals surface area contributed by atoms with Crippen LogP contribution in [0.15, 0.2) is 54.6 Å². The van der Waals surface area contributed by atoms with Crippen molar-refractivity contribution < 1.29 is 123 Å². The van der Waals surface area contributed by atoms with Crippen LogP contribution in [0.4, 0.5) is 4.79 Å². The number of alkyl carbamates (subject to hydrolysis) is 1. The van der Waals surface area contributed by atoms with Gasteiger partial charge in [0.05, 0.1) is 42.5 Å². The van der Waals surface area contributed by atoms with Crippen LogP contribution in [-0.4, -0.2) is 233 Å². The second-order valence-corrected chi connectivity index (χ2v) is 34.0. The summed E-state index contributed by atoms with van der Waals surface area (Å²) in [6.45, 7) is 26.9. The molecular formula is C77H115N8O26P. The lowest BCUT2D eigenvalue weighted by atomic mass is 9.95. The Morgan fingerprint density at radius 1 is 0.571 bits per heavy atom. The topological polar surface area (TPSA) is 420 Å². The average molecular weight is 1600 g/mol. The zero-order valence-corrected chi connectivity index (χ0v) is 68.7. The van der Waals surface area contributed by atoms with E-state index in [-0.39, 0.29) is 82.9 Å². The minimum atomic E-state index is -4.63.